The van der Waals surface area contributed by atoms with Crippen LogP contribution in [0.1, 0.15) is 30.7 Å². The van der Waals surface area contributed by atoms with Crippen molar-refractivity contribution in [3.05, 3.63) is 29.3 Å². The molecule has 1 aromatic carbocycles. The largest absolute Gasteiger partial charge is 0.368 e. The number of carbonyl (C=O) groups is 2. The third-order valence-electron chi connectivity index (χ3n) is 6.14. The van der Waals surface area contributed by atoms with Crippen LogP contribution in [0.25, 0.3) is 0 Å². The van der Waals surface area contributed by atoms with Crippen LogP contribution in [0.5, 0.6) is 0 Å². The summed E-state index contributed by atoms with van der Waals surface area (Å²) >= 11 is 0. The number of hydrogen-bond donors (Lipinski definition) is 2. The summed E-state index contributed by atoms with van der Waals surface area (Å²) in [5.41, 5.74) is -0.0521. The Morgan fingerprint density at radius 1 is 1.00 bits per heavy atom. The van der Waals surface area contributed by atoms with E-state index in [0.717, 1.165) is 26.2 Å². The molecule has 0 radical (unpaired) electrons. The van der Waals surface area contributed by atoms with Gasteiger partial charge in [0.05, 0.1) is 12.5 Å². The Kier molecular flexibility index (Phi) is 5.78. The van der Waals surface area contributed by atoms with E-state index in [1.807, 2.05) is 0 Å². The van der Waals surface area contributed by atoms with E-state index < -0.39 is 35.5 Å². The second kappa shape index (κ2) is 8.31. The summed E-state index contributed by atoms with van der Waals surface area (Å²) in [5.74, 6) is -3.84. The highest BCUT2D eigenvalue weighted by molar-refractivity contribution is 6.01. The van der Waals surface area contributed by atoms with Crippen molar-refractivity contribution in [3.63, 3.8) is 0 Å². The van der Waals surface area contributed by atoms with Crippen LogP contribution in [-0.2, 0) is 9.59 Å². The number of halogens is 3. The molecule has 3 aliphatic heterocycles. The normalized spacial score (nSPS) is 29.1. The lowest BCUT2D eigenvalue weighted by atomic mass is 9.89. The first-order valence-electron chi connectivity index (χ1n) is 10.1. The highest BCUT2D eigenvalue weighted by atomic mass is 19.1. The maximum Gasteiger partial charge on any atom is 0.234 e. The van der Waals surface area contributed by atoms with Gasteiger partial charge in [0.2, 0.25) is 11.8 Å². The Morgan fingerprint density at radius 3 is 2.31 bits per heavy atom. The monoisotopic (exact) mass is 410 g/mol. The number of anilines is 1. The number of hydrogen-bond acceptors (Lipinski definition) is 5. The molecule has 3 aliphatic rings. The quantitative estimate of drug-likeness (QED) is 0.736. The first-order valence-corrected chi connectivity index (χ1v) is 10.1. The van der Waals surface area contributed by atoms with E-state index in [0.29, 0.717) is 13.0 Å². The van der Waals surface area contributed by atoms with Gasteiger partial charge >= 0.3 is 0 Å². The number of nitrogens with one attached hydrogen (secondary N) is 2. The molecule has 0 spiro atoms. The zero-order valence-electron chi connectivity index (χ0n) is 16.1. The predicted molar refractivity (Wildman–Crippen MR) is 101 cm³/mol. The number of imide groups is 1. The minimum Gasteiger partial charge on any atom is -0.368 e. The molecular formula is C20H25F3N4O2. The van der Waals surface area contributed by atoms with E-state index in [2.05, 4.69) is 15.5 Å². The van der Waals surface area contributed by atoms with Crippen molar-refractivity contribution in [2.75, 3.05) is 44.2 Å². The molecule has 158 valence electrons. The molecule has 3 fully saturated rings. The van der Waals surface area contributed by atoms with E-state index in [1.54, 1.807) is 4.90 Å². The van der Waals surface area contributed by atoms with Crippen LogP contribution in [0.15, 0.2) is 12.1 Å². The van der Waals surface area contributed by atoms with Crippen LogP contribution >= 0.6 is 0 Å². The number of benzene rings is 1. The van der Waals surface area contributed by atoms with Crippen LogP contribution in [0, 0.1) is 11.6 Å². The molecular weight excluding hydrogens is 385 g/mol. The molecule has 6 nitrogen and oxygen atoms in total. The van der Waals surface area contributed by atoms with Crippen molar-refractivity contribution in [2.45, 2.75) is 37.4 Å². The molecule has 29 heavy (non-hydrogen) atoms. The molecule has 3 saturated heterocycles. The zero-order valence-corrected chi connectivity index (χ0v) is 16.1. The number of nitrogens with zero attached hydrogens (tertiary/aromatic N) is 2. The molecule has 2 N–H and O–H groups in total. The number of amides is 2. The summed E-state index contributed by atoms with van der Waals surface area (Å²) in [5, 5.41) is 5.37. The minimum absolute atomic E-state index is 0.0418. The Balaban J connectivity index is 1.48. The van der Waals surface area contributed by atoms with Crippen molar-refractivity contribution in [2.24, 2.45) is 0 Å². The number of rotatable bonds is 3. The molecule has 1 unspecified atom stereocenters. The Hall–Kier alpha value is -2.13. The zero-order chi connectivity index (χ0) is 20.5. The number of alkyl halides is 1. The van der Waals surface area contributed by atoms with Gasteiger partial charge in [0.1, 0.15) is 17.8 Å². The summed E-state index contributed by atoms with van der Waals surface area (Å²) in [6.45, 7) is 3.86. The highest BCUT2D eigenvalue weighted by Gasteiger charge is 2.36. The average molecular weight is 410 g/mol. The maximum absolute atomic E-state index is 14.9. The van der Waals surface area contributed by atoms with Crippen molar-refractivity contribution in [1.82, 2.24) is 15.5 Å². The van der Waals surface area contributed by atoms with Crippen LogP contribution in [0.4, 0.5) is 18.9 Å². The molecule has 0 bridgehead atoms. The number of piperazine rings is 1. The van der Waals surface area contributed by atoms with E-state index in [9.17, 15) is 22.8 Å². The van der Waals surface area contributed by atoms with Gasteiger partial charge in [-0.05, 0) is 25.0 Å². The van der Waals surface area contributed by atoms with Crippen LogP contribution in [0.3, 0.4) is 0 Å². The smallest absolute Gasteiger partial charge is 0.234 e. The number of carbonyl (C=O) groups excluding carboxylic acids is 2. The molecule has 4 rings (SSSR count). The van der Waals surface area contributed by atoms with Crippen molar-refractivity contribution >= 4 is 17.5 Å². The van der Waals surface area contributed by atoms with Gasteiger partial charge in [0, 0.05) is 56.4 Å². The van der Waals surface area contributed by atoms with Gasteiger partial charge in [-0.25, -0.2) is 13.2 Å². The van der Waals surface area contributed by atoms with Crippen LogP contribution in [-0.4, -0.2) is 68.2 Å². The maximum atomic E-state index is 14.9. The van der Waals surface area contributed by atoms with E-state index >= 15 is 0 Å². The van der Waals surface area contributed by atoms with Gasteiger partial charge in [-0.1, -0.05) is 0 Å². The number of piperidine rings is 2. The fraction of sp³-hybridized carbons (Fsp3) is 0.600. The standard InChI is InChI=1S/C20H25F3N4O2/c21-14-9-12(10-15(22)19(14)13-1-2-18(28)25-20(13)29)27-6-3-17(16(23)11-27)26-7-4-24-5-8-26/h9-10,13,16-17,24H,1-8,11H2,(H,25,28,29)/t13?,16-,17+/m0/s1. The lowest BCUT2D eigenvalue weighted by Crippen LogP contribution is -2.57. The van der Waals surface area contributed by atoms with E-state index in [1.165, 1.54) is 12.1 Å². The van der Waals surface area contributed by atoms with Crippen LogP contribution < -0.4 is 15.5 Å². The SMILES string of the molecule is O=C1CCC(c2c(F)cc(N3CC[C@@H](N4CCNCC4)[C@@H](F)C3)cc2F)C(=O)N1. The predicted octanol–water partition coefficient (Wildman–Crippen LogP) is 1.31. The summed E-state index contributed by atoms with van der Waals surface area (Å²) in [6, 6.07) is 2.16. The Labute approximate surface area is 167 Å². The van der Waals surface area contributed by atoms with Gasteiger partial charge in [-0.2, -0.15) is 0 Å². The second-order valence-corrected chi connectivity index (χ2v) is 7.93. The van der Waals surface area contributed by atoms with Gasteiger partial charge in [0.15, 0.2) is 0 Å². The molecule has 0 aromatic heterocycles. The molecule has 0 aliphatic carbocycles. The van der Waals surface area contributed by atoms with E-state index in [-0.39, 0.29) is 36.7 Å². The van der Waals surface area contributed by atoms with Crippen LogP contribution in [0.2, 0.25) is 0 Å². The summed E-state index contributed by atoms with van der Waals surface area (Å²) in [7, 11) is 0. The second-order valence-electron chi connectivity index (χ2n) is 7.93. The molecule has 9 heteroatoms. The molecule has 1 aromatic rings. The first kappa shape index (κ1) is 20.2. The summed E-state index contributed by atoms with van der Waals surface area (Å²) < 4.78 is 44.3. The fourth-order valence-electron chi connectivity index (χ4n) is 4.61. The summed E-state index contributed by atoms with van der Waals surface area (Å²) in [4.78, 5) is 27.1. The molecule has 3 heterocycles. The van der Waals surface area contributed by atoms with E-state index in [4.69, 9.17) is 0 Å². The first-order chi connectivity index (χ1) is 13.9. The molecule has 0 saturated carbocycles. The van der Waals surface area contributed by atoms with Gasteiger partial charge in [-0.3, -0.25) is 19.8 Å². The third-order valence-corrected chi connectivity index (χ3v) is 6.14. The third kappa shape index (κ3) is 4.11. The van der Waals surface area contributed by atoms with Crippen molar-refractivity contribution in [1.29, 1.82) is 0 Å². The van der Waals surface area contributed by atoms with Gasteiger partial charge in [0.25, 0.3) is 0 Å². The molecule has 3 atom stereocenters. The Bertz CT molecular complexity index is 777. The summed E-state index contributed by atoms with van der Waals surface area (Å²) in [6.07, 6.45) is -0.414. The Morgan fingerprint density at radius 2 is 1.69 bits per heavy atom. The highest BCUT2D eigenvalue weighted by Crippen LogP contribution is 2.33. The lowest BCUT2D eigenvalue weighted by molar-refractivity contribution is -0.134. The van der Waals surface area contributed by atoms with Gasteiger partial charge < -0.3 is 10.2 Å². The van der Waals surface area contributed by atoms with Crippen molar-refractivity contribution in [3.8, 4) is 0 Å². The topological polar surface area (TPSA) is 64.7 Å². The fourth-order valence-corrected chi connectivity index (χ4v) is 4.61. The minimum atomic E-state index is -1.11. The van der Waals surface area contributed by atoms with Gasteiger partial charge in [-0.15, -0.1) is 0 Å². The van der Waals surface area contributed by atoms with Crippen molar-refractivity contribution < 1.29 is 22.8 Å². The average Bonchev–Trinajstić information content (AvgIpc) is 2.69. The molecule has 2 amide bonds. The lowest BCUT2D eigenvalue weighted by Gasteiger charge is -2.43.